The van der Waals surface area contributed by atoms with Crippen molar-refractivity contribution in [3.63, 3.8) is 0 Å². The van der Waals surface area contributed by atoms with Crippen molar-refractivity contribution >= 4 is 23.2 Å². The van der Waals surface area contributed by atoms with Crippen LogP contribution in [0.5, 0.6) is 5.75 Å². The summed E-state index contributed by atoms with van der Waals surface area (Å²) in [6.07, 6.45) is 3.22. The number of hydrogen-bond donors (Lipinski definition) is 1. The van der Waals surface area contributed by atoms with Crippen molar-refractivity contribution in [1.82, 2.24) is 0 Å². The van der Waals surface area contributed by atoms with Gasteiger partial charge in [0, 0.05) is 17.8 Å². The summed E-state index contributed by atoms with van der Waals surface area (Å²) >= 11 is 0. The Morgan fingerprint density at radius 1 is 1.23 bits per heavy atom. The van der Waals surface area contributed by atoms with Crippen molar-refractivity contribution in [1.29, 1.82) is 0 Å². The molecule has 0 aromatic heterocycles. The molecule has 0 spiro atoms. The van der Waals surface area contributed by atoms with Crippen LogP contribution in [0.1, 0.15) is 17.5 Å². The molecule has 0 saturated carbocycles. The molecule has 134 valence electrons. The van der Waals surface area contributed by atoms with Gasteiger partial charge in [-0.2, -0.15) is 0 Å². The molecule has 2 amide bonds. The third kappa shape index (κ3) is 3.61. The Labute approximate surface area is 153 Å². The lowest BCUT2D eigenvalue weighted by Gasteiger charge is -2.30. The third-order valence-electron chi connectivity index (χ3n) is 4.53. The number of amides is 2. The molecule has 2 aromatic rings. The van der Waals surface area contributed by atoms with E-state index in [2.05, 4.69) is 11.9 Å². The lowest BCUT2D eigenvalue weighted by Crippen LogP contribution is -2.36. The fourth-order valence-corrected chi connectivity index (χ4v) is 3.28. The predicted octanol–water partition coefficient (Wildman–Crippen LogP) is 3.34. The Balaban J connectivity index is 1.85. The van der Waals surface area contributed by atoms with Crippen LogP contribution in [0.3, 0.4) is 0 Å². The van der Waals surface area contributed by atoms with Gasteiger partial charge in [0.25, 0.3) is 0 Å². The topological polar surface area (TPSA) is 58.6 Å². The average Bonchev–Trinajstić information content (AvgIpc) is 2.68. The monoisotopic (exact) mass is 350 g/mol. The van der Waals surface area contributed by atoms with Gasteiger partial charge in [-0.3, -0.25) is 9.59 Å². The second kappa shape index (κ2) is 7.87. The summed E-state index contributed by atoms with van der Waals surface area (Å²) in [6.45, 7) is 4.14. The molecule has 1 N–H and O–H groups in total. The standard InChI is InChI=1S/C21H22N2O3/c1-3-20(24)22-17-10-5-4-8-15(17)14-21(25)23-13-7-9-16-18(23)11-6-12-19(16)26-2/h3-6,8,10-12H,1,7,9,13-14H2,2H3,(H,22,24). The minimum Gasteiger partial charge on any atom is -0.496 e. The van der Waals surface area contributed by atoms with E-state index in [-0.39, 0.29) is 18.2 Å². The summed E-state index contributed by atoms with van der Waals surface area (Å²) in [5.41, 5.74) is 3.40. The minimum atomic E-state index is -0.294. The van der Waals surface area contributed by atoms with Gasteiger partial charge < -0.3 is 15.0 Å². The van der Waals surface area contributed by atoms with Crippen LogP contribution in [0.4, 0.5) is 11.4 Å². The maximum atomic E-state index is 13.0. The number of hydrogen-bond acceptors (Lipinski definition) is 3. The van der Waals surface area contributed by atoms with E-state index in [0.717, 1.165) is 35.4 Å². The molecular formula is C21H22N2O3. The molecule has 0 radical (unpaired) electrons. The quantitative estimate of drug-likeness (QED) is 0.842. The van der Waals surface area contributed by atoms with Crippen molar-refractivity contribution < 1.29 is 14.3 Å². The molecule has 0 unspecified atom stereocenters. The number of benzene rings is 2. The molecule has 2 aromatic carbocycles. The highest BCUT2D eigenvalue weighted by Gasteiger charge is 2.25. The highest BCUT2D eigenvalue weighted by molar-refractivity contribution is 6.01. The normalized spacial score (nSPS) is 12.9. The third-order valence-corrected chi connectivity index (χ3v) is 4.53. The summed E-state index contributed by atoms with van der Waals surface area (Å²) in [4.78, 5) is 26.4. The predicted molar refractivity (Wildman–Crippen MR) is 103 cm³/mol. The molecule has 1 aliphatic rings. The summed E-state index contributed by atoms with van der Waals surface area (Å²) in [5, 5.41) is 2.76. The lowest BCUT2D eigenvalue weighted by molar-refractivity contribution is -0.118. The van der Waals surface area contributed by atoms with Crippen LogP contribution in [-0.4, -0.2) is 25.5 Å². The fourth-order valence-electron chi connectivity index (χ4n) is 3.28. The first-order chi connectivity index (χ1) is 12.6. The number of anilines is 2. The van der Waals surface area contributed by atoms with Gasteiger partial charge in [0.05, 0.1) is 19.2 Å². The minimum absolute atomic E-state index is 0.000458. The zero-order valence-electron chi connectivity index (χ0n) is 14.8. The van der Waals surface area contributed by atoms with E-state index in [0.29, 0.717) is 12.2 Å². The Morgan fingerprint density at radius 3 is 2.81 bits per heavy atom. The van der Waals surface area contributed by atoms with Gasteiger partial charge in [0.1, 0.15) is 5.75 Å². The maximum absolute atomic E-state index is 13.0. The summed E-state index contributed by atoms with van der Waals surface area (Å²) < 4.78 is 5.44. The Hall–Kier alpha value is -3.08. The van der Waals surface area contributed by atoms with Gasteiger partial charge in [-0.1, -0.05) is 30.8 Å². The molecular weight excluding hydrogens is 328 g/mol. The zero-order chi connectivity index (χ0) is 18.5. The SMILES string of the molecule is C=CC(=O)Nc1ccccc1CC(=O)N1CCCc2c(OC)cccc21. The average molecular weight is 350 g/mol. The molecule has 1 aliphatic heterocycles. The molecule has 0 aliphatic carbocycles. The number of fused-ring (bicyclic) bond motifs is 1. The first kappa shape index (κ1) is 17.7. The molecule has 0 fully saturated rings. The van der Waals surface area contributed by atoms with E-state index in [1.807, 2.05) is 41.3 Å². The Kier molecular flexibility index (Phi) is 5.37. The second-order valence-corrected chi connectivity index (χ2v) is 6.13. The van der Waals surface area contributed by atoms with Crippen molar-refractivity contribution in [3.8, 4) is 5.75 Å². The van der Waals surface area contributed by atoms with Crippen LogP contribution >= 0.6 is 0 Å². The van der Waals surface area contributed by atoms with Gasteiger partial charge >= 0.3 is 0 Å². The van der Waals surface area contributed by atoms with Crippen molar-refractivity contribution in [2.75, 3.05) is 23.9 Å². The van der Waals surface area contributed by atoms with Crippen LogP contribution < -0.4 is 15.0 Å². The molecule has 0 bridgehead atoms. The maximum Gasteiger partial charge on any atom is 0.247 e. The molecule has 5 nitrogen and oxygen atoms in total. The summed E-state index contributed by atoms with van der Waals surface area (Å²) in [5.74, 6) is 0.524. The number of methoxy groups -OCH3 is 1. The molecule has 1 heterocycles. The van der Waals surface area contributed by atoms with Crippen LogP contribution in [0.15, 0.2) is 55.1 Å². The van der Waals surface area contributed by atoms with Gasteiger partial charge in [-0.25, -0.2) is 0 Å². The van der Waals surface area contributed by atoms with Gasteiger partial charge in [-0.15, -0.1) is 0 Å². The first-order valence-corrected chi connectivity index (χ1v) is 8.61. The van der Waals surface area contributed by atoms with Gasteiger partial charge in [0.15, 0.2) is 0 Å². The molecule has 0 saturated heterocycles. The lowest BCUT2D eigenvalue weighted by atomic mass is 9.99. The smallest absolute Gasteiger partial charge is 0.247 e. The molecule has 26 heavy (non-hydrogen) atoms. The number of carbonyl (C=O) groups excluding carboxylic acids is 2. The van der Waals surface area contributed by atoms with E-state index >= 15 is 0 Å². The fraction of sp³-hybridized carbons (Fsp3) is 0.238. The van der Waals surface area contributed by atoms with E-state index in [1.54, 1.807) is 13.2 Å². The molecule has 5 heteroatoms. The highest BCUT2D eigenvalue weighted by atomic mass is 16.5. The number of ether oxygens (including phenoxy) is 1. The van der Waals surface area contributed by atoms with E-state index in [4.69, 9.17) is 4.74 Å². The van der Waals surface area contributed by atoms with E-state index in [1.165, 1.54) is 6.08 Å². The van der Waals surface area contributed by atoms with E-state index in [9.17, 15) is 9.59 Å². The first-order valence-electron chi connectivity index (χ1n) is 8.61. The van der Waals surface area contributed by atoms with Crippen molar-refractivity contribution in [3.05, 3.63) is 66.2 Å². The van der Waals surface area contributed by atoms with Gasteiger partial charge in [-0.05, 0) is 42.7 Å². The number of carbonyl (C=O) groups is 2. The summed E-state index contributed by atoms with van der Waals surface area (Å²) in [7, 11) is 1.65. The number of para-hydroxylation sites is 1. The largest absolute Gasteiger partial charge is 0.496 e. The number of rotatable bonds is 5. The van der Waals surface area contributed by atoms with Crippen LogP contribution in [0.2, 0.25) is 0 Å². The molecule has 0 atom stereocenters. The van der Waals surface area contributed by atoms with Crippen molar-refractivity contribution in [2.24, 2.45) is 0 Å². The Morgan fingerprint density at radius 2 is 2.04 bits per heavy atom. The zero-order valence-corrected chi connectivity index (χ0v) is 14.8. The Bertz CT molecular complexity index is 845. The van der Waals surface area contributed by atoms with Crippen LogP contribution in [-0.2, 0) is 22.4 Å². The molecule has 3 rings (SSSR count). The van der Waals surface area contributed by atoms with Crippen LogP contribution in [0.25, 0.3) is 0 Å². The van der Waals surface area contributed by atoms with Gasteiger partial charge in [0.2, 0.25) is 11.8 Å². The number of nitrogens with zero attached hydrogens (tertiary/aromatic N) is 1. The van der Waals surface area contributed by atoms with Crippen molar-refractivity contribution in [2.45, 2.75) is 19.3 Å². The summed E-state index contributed by atoms with van der Waals surface area (Å²) in [6, 6.07) is 13.1. The van der Waals surface area contributed by atoms with E-state index < -0.39 is 0 Å². The number of nitrogens with one attached hydrogen (secondary N) is 1. The van der Waals surface area contributed by atoms with Crippen LogP contribution in [0, 0.1) is 0 Å². The second-order valence-electron chi connectivity index (χ2n) is 6.13. The highest BCUT2D eigenvalue weighted by Crippen LogP contribution is 2.34.